The third kappa shape index (κ3) is 4.06. The number of benzene rings is 2. The highest BCUT2D eigenvalue weighted by atomic mass is 127. The van der Waals surface area contributed by atoms with Gasteiger partial charge in [0.05, 0.1) is 0 Å². The molecule has 0 aromatic heterocycles. The van der Waals surface area contributed by atoms with E-state index in [0.29, 0.717) is 0 Å². The van der Waals surface area contributed by atoms with Crippen molar-refractivity contribution in [2.45, 2.75) is 38.6 Å². The maximum Gasteiger partial charge on any atom is 0.0336 e. The maximum atomic E-state index is 6.32. The molecule has 20 heavy (non-hydrogen) atoms. The van der Waals surface area contributed by atoms with Gasteiger partial charge in [-0.3, -0.25) is 0 Å². The SMILES string of the molecule is CC(C)(C)c1ccc(CC(N)c2cccc(I)c2)cc1. The molecular weight excluding hydrogens is 357 g/mol. The van der Waals surface area contributed by atoms with Crippen LogP contribution in [0.2, 0.25) is 0 Å². The fourth-order valence-electron chi connectivity index (χ4n) is 2.25. The highest BCUT2D eigenvalue weighted by Gasteiger charge is 2.13. The van der Waals surface area contributed by atoms with Gasteiger partial charge in [0, 0.05) is 9.61 Å². The molecular formula is C18H22IN. The first-order valence-corrected chi connectivity index (χ1v) is 8.04. The highest BCUT2D eigenvalue weighted by molar-refractivity contribution is 14.1. The second-order valence-electron chi connectivity index (χ2n) is 6.31. The van der Waals surface area contributed by atoms with Crippen molar-refractivity contribution in [2.24, 2.45) is 5.73 Å². The van der Waals surface area contributed by atoms with E-state index in [2.05, 4.69) is 91.9 Å². The van der Waals surface area contributed by atoms with Crippen molar-refractivity contribution in [2.75, 3.05) is 0 Å². The second-order valence-corrected chi connectivity index (χ2v) is 7.56. The molecule has 1 atom stereocenters. The Morgan fingerprint density at radius 1 is 1.05 bits per heavy atom. The van der Waals surface area contributed by atoms with E-state index in [1.807, 2.05) is 0 Å². The Morgan fingerprint density at radius 2 is 1.70 bits per heavy atom. The summed E-state index contributed by atoms with van der Waals surface area (Å²) in [6.45, 7) is 6.71. The van der Waals surface area contributed by atoms with Crippen LogP contribution in [0, 0.1) is 3.57 Å². The van der Waals surface area contributed by atoms with Crippen molar-refractivity contribution in [3.8, 4) is 0 Å². The minimum absolute atomic E-state index is 0.0604. The van der Waals surface area contributed by atoms with Crippen LogP contribution in [0.15, 0.2) is 48.5 Å². The monoisotopic (exact) mass is 379 g/mol. The average molecular weight is 379 g/mol. The van der Waals surface area contributed by atoms with Crippen molar-refractivity contribution < 1.29 is 0 Å². The fourth-order valence-corrected chi connectivity index (χ4v) is 2.82. The van der Waals surface area contributed by atoms with Crippen molar-refractivity contribution >= 4 is 22.6 Å². The van der Waals surface area contributed by atoms with E-state index in [9.17, 15) is 0 Å². The predicted molar refractivity (Wildman–Crippen MR) is 94.9 cm³/mol. The summed E-state index contributed by atoms with van der Waals surface area (Å²) in [5.74, 6) is 0. The van der Waals surface area contributed by atoms with Crippen molar-refractivity contribution in [1.82, 2.24) is 0 Å². The highest BCUT2D eigenvalue weighted by Crippen LogP contribution is 2.24. The molecule has 2 aromatic rings. The first-order chi connectivity index (χ1) is 9.36. The lowest BCUT2D eigenvalue weighted by molar-refractivity contribution is 0.589. The van der Waals surface area contributed by atoms with Crippen LogP contribution in [0.3, 0.4) is 0 Å². The summed E-state index contributed by atoms with van der Waals surface area (Å²) in [6, 6.07) is 17.3. The van der Waals surface area contributed by atoms with E-state index < -0.39 is 0 Å². The Morgan fingerprint density at radius 3 is 2.25 bits per heavy atom. The molecule has 0 fully saturated rings. The van der Waals surface area contributed by atoms with Gasteiger partial charge < -0.3 is 5.73 Å². The molecule has 0 amide bonds. The molecule has 0 aliphatic rings. The average Bonchev–Trinajstić information content (AvgIpc) is 2.38. The third-order valence-electron chi connectivity index (χ3n) is 3.55. The van der Waals surface area contributed by atoms with Crippen LogP contribution in [0.5, 0.6) is 0 Å². The molecule has 0 aliphatic carbocycles. The Hall–Kier alpha value is -0.870. The van der Waals surface area contributed by atoms with E-state index >= 15 is 0 Å². The van der Waals surface area contributed by atoms with Gasteiger partial charge in [-0.1, -0.05) is 57.2 Å². The summed E-state index contributed by atoms with van der Waals surface area (Å²) in [7, 11) is 0. The van der Waals surface area contributed by atoms with E-state index in [1.54, 1.807) is 0 Å². The van der Waals surface area contributed by atoms with Gasteiger partial charge in [-0.2, -0.15) is 0 Å². The number of nitrogens with two attached hydrogens (primary N) is 1. The number of hydrogen-bond acceptors (Lipinski definition) is 1. The molecule has 0 radical (unpaired) electrons. The van der Waals surface area contributed by atoms with Gasteiger partial charge >= 0.3 is 0 Å². The van der Waals surface area contributed by atoms with Gasteiger partial charge in [-0.25, -0.2) is 0 Å². The molecule has 0 heterocycles. The molecule has 2 aromatic carbocycles. The van der Waals surface area contributed by atoms with Crippen LogP contribution in [0.4, 0.5) is 0 Å². The topological polar surface area (TPSA) is 26.0 Å². The van der Waals surface area contributed by atoms with Crippen LogP contribution in [0.1, 0.15) is 43.5 Å². The minimum Gasteiger partial charge on any atom is -0.324 e. The van der Waals surface area contributed by atoms with Crippen LogP contribution in [-0.2, 0) is 11.8 Å². The van der Waals surface area contributed by atoms with Crippen LogP contribution < -0.4 is 5.73 Å². The van der Waals surface area contributed by atoms with E-state index in [4.69, 9.17) is 5.73 Å². The van der Waals surface area contributed by atoms with Gasteiger partial charge in [0.15, 0.2) is 0 Å². The Labute approximate surface area is 135 Å². The van der Waals surface area contributed by atoms with Gasteiger partial charge in [-0.15, -0.1) is 0 Å². The molecule has 2 heteroatoms. The molecule has 2 N–H and O–H groups in total. The van der Waals surface area contributed by atoms with Crippen molar-refractivity contribution in [1.29, 1.82) is 0 Å². The van der Waals surface area contributed by atoms with Gasteiger partial charge in [0.25, 0.3) is 0 Å². The fraction of sp³-hybridized carbons (Fsp3) is 0.333. The third-order valence-corrected chi connectivity index (χ3v) is 4.22. The molecule has 0 spiro atoms. The summed E-state index contributed by atoms with van der Waals surface area (Å²) in [6.07, 6.45) is 0.879. The number of rotatable bonds is 3. The quantitative estimate of drug-likeness (QED) is 0.760. The summed E-state index contributed by atoms with van der Waals surface area (Å²) in [4.78, 5) is 0. The number of halogens is 1. The normalized spacial score (nSPS) is 13.2. The lowest BCUT2D eigenvalue weighted by Gasteiger charge is -2.19. The molecule has 1 nitrogen and oxygen atoms in total. The van der Waals surface area contributed by atoms with Crippen LogP contribution in [-0.4, -0.2) is 0 Å². The predicted octanol–water partition coefficient (Wildman–Crippen LogP) is 4.83. The van der Waals surface area contributed by atoms with E-state index in [-0.39, 0.29) is 11.5 Å². The smallest absolute Gasteiger partial charge is 0.0336 e. The largest absolute Gasteiger partial charge is 0.324 e. The second kappa shape index (κ2) is 6.27. The number of hydrogen-bond donors (Lipinski definition) is 1. The molecule has 0 bridgehead atoms. The molecule has 0 saturated carbocycles. The lowest BCUT2D eigenvalue weighted by atomic mass is 9.86. The molecule has 0 aliphatic heterocycles. The summed E-state index contributed by atoms with van der Waals surface area (Å²) in [5, 5.41) is 0. The first-order valence-electron chi connectivity index (χ1n) is 6.97. The van der Waals surface area contributed by atoms with Crippen molar-refractivity contribution in [3.05, 3.63) is 68.8 Å². The molecule has 1 unspecified atom stereocenters. The zero-order valence-corrected chi connectivity index (χ0v) is 14.5. The summed E-state index contributed by atoms with van der Waals surface area (Å²) < 4.78 is 1.23. The zero-order chi connectivity index (χ0) is 14.8. The van der Waals surface area contributed by atoms with Crippen LogP contribution >= 0.6 is 22.6 Å². The van der Waals surface area contributed by atoms with Crippen molar-refractivity contribution in [3.63, 3.8) is 0 Å². The van der Waals surface area contributed by atoms with E-state index in [1.165, 1.54) is 20.3 Å². The van der Waals surface area contributed by atoms with Gasteiger partial charge in [0.2, 0.25) is 0 Å². The summed E-state index contributed by atoms with van der Waals surface area (Å²) in [5.41, 5.74) is 10.4. The van der Waals surface area contributed by atoms with Gasteiger partial charge in [0.1, 0.15) is 0 Å². The van der Waals surface area contributed by atoms with Gasteiger partial charge in [-0.05, 0) is 63.2 Å². The van der Waals surface area contributed by atoms with Crippen LogP contribution in [0.25, 0.3) is 0 Å². The maximum absolute atomic E-state index is 6.32. The molecule has 2 rings (SSSR count). The minimum atomic E-state index is 0.0604. The molecule has 0 saturated heterocycles. The first kappa shape index (κ1) is 15.5. The van der Waals surface area contributed by atoms with E-state index in [0.717, 1.165) is 6.42 Å². The molecule has 106 valence electrons. The Bertz CT molecular complexity index is 567. The standard InChI is InChI=1S/C18H22IN/c1-18(2,3)15-9-7-13(8-10-15)11-17(20)14-5-4-6-16(19)12-14/h4-10,12,17H,11,20H2,1-3H3. The zero-order valence-electron chi connectivity index (χ0n) is 12.4. The Kier molecular flexibility index (Phi) is 4.86. The Balaban J connectivity index is 2.10. The lowest BCUT2D eigenvalue weighted by Crippen LogP contribution is -2.14. The summed E-state index contributed by atoms with van der Waals surface area (Å²) >= 11 is 2.33.